The highest BCUT2D eigenvalue weighted by Gasteiger charge is 2.38. The third kappa shape index (κ3) is 4.06. The van der Waals surface area contributed by atoms with Gasteiger partial charge in [0.15, 0.2) is 0 Å². The monoisotopic (exact) mass is 377 g/mol. The SMILES string of the molecule is C[C@H]1C[C@H](NC(=O)Nc2cccc(Cl)c2)N(c2ccc(Cl)cc2)C1=O. The molecule has 1 fully saturated rings. The molecule has 0 aliphatic carbocycles. The molecule has 25 heavy (non-hydrogen) atoms. The Morgan fingerprint density at radius 3 is 2.52 bits per heavy atom. The van der Waals surface area contributed by atoms with Crippen LogP contribution in [0.4, 0.5) is 16.2 Å². The molecule has 0 saturated carbocycles. The Labute approximate surface area is 155 Å². The molecule has 2 aromatic carbocycles. The van der Waals surface area contributed by atoms with Crippen LogP contribution in [-0.2, 0) is 4.79 Å². The van der Waals surface area contributed by atoms with Crippen molar-refractivity contribution in [3.63, 3.8) is 0 Å². The van der Waals surface area contributed by atoms with Gasteiger partial charge in [-0.1, -0.05) is 36.2 Å². The van der Waals surface area contributed by atoms with Crippen LogP contribution in [0.1, 0.15) is 13.3 Å². The van der Waals surface area contributed by atoms with Gasteiger partial charge in [0.05, 0.1) is 0 Å². The molecule has 1 heterocycles. The first-order valence-electron chi connectivity index (χ1n) is 7.86. The quantitative estimate of drug-likeness (QED) is 0.825. The normalized spacial score (nSPS) is 19.8. The summed E-state index contributed by atoms with van der Waals surface area (Å²) in [6, 6.07) is 13.4. The molecule has 2 aromatic rings. The second-order valence-corrected chi connectivity index (χ2v) is 6.82. The van der Waals surface area contributed by atoms with E-state index in [1.807, 2.05) is 6.92 Å². The highest BCUT2D eigenvalue weighted by Crippen LogP contribution is 2.30. The van der Waals surface area contributed by atoms with E-state index in [4.69, 9.17) is 23.2 Å². The van der Waals surface area contributed by atoms with Gasteiger partial charge >= 0.3 is 6.03 Å². The van der Waals surface area contributed by atoms with Crippen molar-refractivity contribution in [3.05, 3.63) is 58.6 Å². The minimum Gasteiger partial charge on any atom is -0.317 e. The number of rotatable bonds is 3. The molecule has 0 radical (unpaired) electrons. The van der Waals surface area contributed by atoms with E-state index in [2.05, 4.69) is 10.6 Å². The number of carbonyl (C=O) groups is 2. The van der Waals surface area contributed by atoms with E-state index in [0.29, 0.717) is 27.8 Å². The molecule has 2 N–H and O–H groups in total. The van der Waals surface area contributed by atoms with Gasteiger partial charge in [0.25, 0.3) is 0 Å². The maximum absolute atomic E-state index is 12.5. The molecule has 0 aromatic heterocycles. The first kappa shape index (κ1) is 17.6. The zero-order valence-corrected chi connectivity index (χ0v) is 15.0. The molecule has 7 heteroatoms. The van der Waals surface area contributed by atoms with Crippen molar-refractivity contribution in [2.24, 2.45) is 5.92 Å². The van der Waals surface area contributed by atoms with Gasteiger partial charge in [-0.25, -0.2) is 4.79 Å². The van der Waals surface area contributed by atoms with Gasteiger partial charge in [-0.05, 0) is 48.9 Å². The summed E-state index contributed by atoms with van der Waals surface area (Å²) in [5.41, 5.74) is 1.28. The topological polar surface area (TPSA) is 61.4 Å². The highest BCUT2D eigenvalue weighted by molar-refractivity contribution is 6.31. The lowest BCUT2D eigenvalue weighted by molar-refractivity contribution is -0.120. The average Bonchev–Trinajstić information content (AvgIpc) is 2.82. The maximum Gasteiger partial charge on any atom is 0.320 e. The molecule has 1 aliphatic rings. The Bertz CT molecular complexity index is 795. The molecule has 0 spiro atoms. The van der Waals surface area contributed by atoms with E-state index in [9.17, 15) is 9.59 Å². The molecule has 0 bridgehead atoms. The summed E-state index contributed by atoms with van der Waals surface area (Å²) in [6.07, 6.45) is 0.104. The van der Waals surface area contributed by atoms with Crippen molar-refractivity contribution in [2.45, 2.75) is 19.5 Å². The first-order chi connectivity index (χ1) is 11.9. The minimum absolute atomic E-state index is 0.0321. The van der Waals surface area contributed by atoms with E-state index >= 15 is 0 Å². The predicted octanol–water partition coefficient (Wildman–Crippen LogP) is 4.51. The van der Waals surface area contributed by atoms with Gasteiger partial charge in [-0.2, -0.15) is 0 Å². The van der Waals surface area contributed by atoms with Crippen molar-refractivity contribution in [3.8, 4) is 0 Å². The number of amides is 3. The lowest BCUT2D eigenvalue weighted by atomic mass is 10.1. The molecule has 1 aliphatic heterocycles. The third-order valence-electron chi connectivity index (χ3n) is 4.03. The van der Waals surface area contributed by atoms with Crippen molar-refractivity contribution >= 4 is 46.5 Å². The van der Waals surface area contributed by atoms with Crippen molar-refractivity contribution < 1.29 is 9.59 Å². The standard InChI is InChI=1S/C18H17Cl2N3O2/c1-11-9-16(22-18(25)21-14-4-2-3-13(20)10-14)23(17(11)24)15-7-5-12(19)6-8-15/h2-8,10-11,16H,9H2,1H3,(H2,21,22,25)/t11-,16+/m0/s1. The van der Waals surface area contributed by atoms with Crippen molar-refractivity contribution in [2.75, 3.05) is 10.2 Å². The summed E-state index contributed by atoms with van der Waals surface area (Å²) in [6.45, 7) is 1.85. The molecule has 3 amide bonds. The minimum atomic E-state index is -0.428. The van der Waals surface area contributed by atoms with E-state index in [1.54, 1.807) is 53.4 Å². The van der Waals surface area contributed by atoms with Gasteiger partial charge in [0.2, 0.25) is 5.91 Å². The summed E-state index contributed by atoms with van der Waals surface area (Å²) in [5.74, 6) is -0.206. The molecule has 3 rings (SSSR count). The van der Waals surface area contributed by atoms with Gasteiger partial charge in [0.1, 0.15) is 6.17 Å². The summed E-state index contributed by atoms with van der Waals surface area (Å²) >= 11 is 11.8. The Balaban J connectivity index is 1.74. The van der Waals surface area contributed by atoms with Crippen LogP contribution in [0.5, 0.6) is 0 Å². The molecule has 1 saturated heterocycles. The maximum atomic E-state index is 12.5. The zero-order valence-electron chi connectivity index (χ0n) is 13.5. The number of nitrogens with one attached hydrogen (secondary N) is 2. The van der Waals surface area contributed by atoms with E-state index in [-0.39, 0.29) is 11.8 Å². The van der Waals surface area contributed by atoms with E-state index < -0.39 is 12.2 Å². The van der Waals surface area contributed by atoms with Crippen LogP contribution >= 0.6 is 23.2 Å². The van der Waals surface area contributed by atoms with Gasteiger partial charge in [-0.15, -0.1) is 0 Å². The lowest BCUT2D eigenvalue weighted by Gasteiger charge is -2.25. The van der Waals surface area contributed by atoms with Crippen molar-refractivity contribution in [1.82, 2.24) is 5.32 Å². The largest absolute Gasteiger partial charge is 0.320 e. The Hall–Kier alpha value is -2.24. The van der Waals surface area contributed by atoms with Crippen LogP contribution in [0.2, 0.25) is 10.0 Å². The third-order valence-corrected chi connectivity index (χ3v) is 4.52. The summed E-state index contributed by atoms with van der Waals surface area (Å²) in [7, 11) is 0. The van der Waals surface area contributed by atoms with Crippen LogP contribution in [0.15, 0.2) is 48.5 Å². The zero-order chi connectivity index (χ0) is 18.0. The number of halogens is 2. The average molecular weight is 378 g/mol. The summed E-state index contributed by atoms with van der Waals surface area (Å²) in [5, 5.41) is 6.70. The summed E-state index contributed by atoms with van der Waals surface area (Å²) in [4.78, 5) is 26.4. The number of anilines is 2. The fourth-order valence-electron chi connectivity index (χ4n) is 2.85. The number of hydrogen-bond acceptors (Lipinski definition) is 2. The van der Waals surface area contributed by atoms with E-state index in [0.717, 1.165) is 0 Å². The number of urea groups is 1. The van der Waals surface area contributed by atoms with Crippen LogP contribution < -0.4 is 15.5 Å². The second-order valence-electron chi connectivity index (χ2n) is 5.95. The first-order valence-corrected chi connectivity index (χ1v) is 8.61. The number of hydrogen-bond donors (Lipinski definition) is 2. The highest BCUT2D eigenvalue weighted by atomic mass is 35.5. The fraction of sp³-hybridized carbons (Fsp3) is 0.222. The summed E-state index contributed by atoms with van der Waals surface area (Å²) < 4.78 is 0. The number of benzene rings is 2. The molecule has 5 nitrogen and oxygen atoms in total. The smallest absolute Gasteiger partial charge is 0.317 e. The Kier molecular flexibility index (Phi) is 5.16. The van der Waals surface area contributed by atoms with E-state index in [1.165, 1.54) is 0 Å². The Morgan fingerprint density at radius 1 is 1.12 bits per heavy atom. The molecule has 2 atom stereocenters. The predicted molar refractivity (Wildman–Crippen MR) is 100 cm³/mol. The number of nitrogens with zero attached hydrogens (tertiary/aromatic N) is 1. The molecular weight excluding hydrogens is 361 g/mol. The Morgan fingerprint density at radius 2 is 1.84 bits per heavy atom. The fourth-order valence-corrected chi connectivity index (χ4v) is 3.17. The van der Waals surface area contributed by atoms with Crippen molar-refractivity contribution in [1.29, 1.82) is 0 Å². The van der Waals surface area contributed by atoms with Crippen LogP contribution in [0, 0.1) is 5.92 Å². The number of carbonyl (C=O) groups excluding carboxylic acids is 2. The van der Waals surface area contributed by atoms with Gasteiger partial charge in [0, 0.05) is 27.3 Å². The van der Waals surface area contributed by atoms with Crippen LogP contribution in [0.3, 0.4) is 0 Å². The second kappa shape index (κ2) is 7.33. The van der Waals surface area contributed by atoms with Crippen LogP contribution in [0.25, 0.3) is 0 Å². The molecule has 130 valence electrons. The van der Waals surface area contributed by atoms with Gasteiger partial charge in [-0.3, -0.25) is 9.69 Å². The lowest BCUT2D eigenvalue weighted by Crippen LogP contribution is -2.47. The van der Waals surface area contributed by atoms with Crippen LogP contribution in [-0.4, -0.2) is 18.1 Å². The molecule has 0 unspecified atom stereocenters. The van der Waals surface area contributed by atoms with Gasteiger partial charge < -0.3 is 10.6 Å². The molecular formula is C18H17Cl2N3O2.